The van der Waals surface area contributed by atoms with E-state index in [2.05, 4.69) is 5.73 Å². The van der Waals surface area contributed by atoms with Gasteiger partial charge in [0.2, 0.25) is 11.8 Å². The number of amides is 2. The number of ether oxygens (including phenoxy) is 1. The molecule has 1 heterocycles. The molecule has 1 rings (SSSR count). The molecule has 23 heavy (non-hydrogen) atoms. The van der Waals surface area contributed by atoms with E-state index in [1.807, 2.05) is 13.8 Å². The van der Waals surface area contributed by atoms with E-state index in [0.717, 1.165) is 12.8 Å². The zero-order chi connectivity index (χ0) is 17.1. The molecular weight excluding hydrogens is 314 g/mol. The molecule has 2 amide bonds. The van der Waals surface area contributed by atoms with Crippen LogP contribution in [0.2, 0.25) is 6.04 Å². The van der Waals surface area contributed by atoms with Crippen molar-refractivity contribution in [2.24, 2.45) is 0 Å². The lowest BCUT2D eigenvalue weighted by Crippen LogP contribution is -2.45. The molecule has 0 fully saturated rings. The minimum Gasteiger partial charge on any atom is -0.462 e. The lowest BCUT2D eigenvalue weighted by atomic mass is 10.3. The van der Waals surface area contributed by atoms with Crippen LogP contribution in [0.1, 0.15) is 33.1 Å². The van der Waals surface area contributed by atoms with Crippen molar-refractivity contribution in [1.29, 1.82) is 0 Å². The Balaban J connectivity index is 2.36. The summed E-state index contributed by atoms with van der Waals surface area (Å²) >= 11 is 0. The first-order valence-corrected chi connectivity index (χ1v) is 9.65. The monoisotopic (exact) mass is 337 g/mol. The Morgan fingerprint density at radius 3 is 2.61 bits per heavy atom. The third kappa shape index (κ3) is 6.77. The summed E-state index contributed by atoms with van der Waals surface area (Å²) in [6.45, 7) is 4.54. The molecule has 0 N–H and O–H groups in total. The maximum atomic E-state index is 11.7. The lowest BCUT2D eigenvalue weighted by molar-refractivity contribution is -0.138. The molecule has 1 aliphatic rings. The first-order valence-electron chi connectivity index (χ1n) is 7.84. The summed E-state index contributed by atoms with van der Waals surface area (Å²) < 4.78 is 11.9. The van der Waals surface area contributed by atoms with Crippen molar-refractivity contribution in [3.05, 3.63) is 30.0 Å². The van der Waals surface area contributed by atoms with E-state index in [4.69, 9.17) is 9.16 Å². The molecule has 0 bridgehead atoms. The van der Waals surface area contributed by atoms with E-state index in [1.54, 1.807) is 6.08 Å². The van der Waals surface area contributed by atoms with Gasteiger partial charge in [-0.2, -0.15) is 0 Å². The summed E-state index contributed by atoms with van der Waals surface area (Å²) in [5.74, 6) is -1.08. The van der Waals surface area contributed by atoms with Crippen molar-refractivity contribution in [3.8, 4) is 0 Å². The van der Waals surface area contributed by atoms with E-state index < -0.39 is 15.2 Å². The number of rotatable bonds is 10. The number of hydrogen-bond acceptors (Lipinski definition) is 5. The molecule has 1 atom stereocenters. The minimum atomic E-state index is -2.15. The van der Waals surface area contributed by atoms with Crippen LogP contribution in [-0.2, 0) is 23.5 Å². The molecule has 0 saturated heterocycles. The number of carbonyl (C=O) groups excluding carboxylic acids is 3. The number of carbonyl (C=O) groups is 3. The fourth-order valence-corrected chi connectivity index (χ4v) is 4.22. The Morgan fingerprint density at radius 2 is 2.00 bits per heavy atom. The Labute approximate surface area is 138 Å². The number of nitrogens with zero attached hydrogens (tertiary/aromatic N) is 1. The summed E-state index contributed by atoms with van der Waals surface area (Å²) in [6, 6.07) is 0.551. The van der Waals surface area contributed by atoms with Crippen molar-refractivity contribution in [2.75, 3.05) is 13.2 Å². The van der Waals surface area contributed by atoms with E-state index in [1.165, 1.54) is 22.8 Å². The minimum absolute atomic E-state index is 0.227. The number of unbranched alkanes of at least 4 members (excludes halogenated alkanes) is 1. The quantitative estimate of drug-likeness (QED) is 0.151. The van der Waals surface area contributed by atoms with E-state index in [0.29, 0.717) is 19.1 Å². The SMILES string of the molecule is CCCC=C=CC(=O)OCCC[SiH](OCC)N1C(=O)C=CC1=O. The van der Waals surface area contributed by atoms with E-state index >= 15 is 0 Å². The molecule has 0 aromatic heterocycles. The standard InChI is InChI=1S/C16H23NO5Si/c1-3-5-6-7-9-16(20)21-12-8-13-23(22-4-2)17-14(18)10-11-15(17)19/h6,9-11,23H,3-5,8,12-13H2,1-2H3. The fraction of sp³-hybridized carbons (Fsp3) is 0.500. The van der Waals surface area contributed by atoms with Gasteiger partial charge in [0, 0.05) is 18.8 Å². The molecule has 0 spiro atoms. The van der Waals surface area contributed by atoms with Crippen molar-refractivity contribution >= 4 is 27.0 Å². The highest BCUT2D eigenvalue weighted by Crippen LogP contribution is 2.12. The second kappa shape index (κ2) is 10.7. The Kier molecular flexibility index (Phi) is 8.90. The van der Waals surface area contributed by atoms with Gasteiger partial charge in [0.25, 0.3) is 9.20 Å². The molecule has 1 unspecified atom stereocenters. The second-order valence-electron chi connectivity index (χ2n) is 4.90. The Morgan fingerprint density at radius 1 is 1.30 bits per heavy atom. The van der Waals surface area contributed by atoms with Crippen LogP contribution in [0, 0.1) is 0 Å². The van der Waals surface area contributed by atoms with Gasteiger partial charge in [0.1, 0.15) is 0 Å². The maximum Gasteiger partial charge on any atom is 0.338 e. The molecule has 0 radical (unpaired) electrons. The normalized spacial score (nSPS) is 14.6. The zero-order valence-electron chi connectivity index (χ0n) is 13.6. The third-order valence-electron chi connectivity index (χ3n) is 3.08. The van der Waals surface area contributed by atoms with Gasteiger partial charge in [-0.3, -0.25) is 14.2 Å². The average Bonchev–Trinajstić information content (AvgIpc) is 2.86. The molecular formula is C16H23NO5Si. The van der Waals surface area contributed by atoms with Crippen LogP contribution in [0.15, 0.2) is 30.0 Å². The van der Waals surface area contributed by atoms with Crippen LogP contribution in [0.4, 0.5) is 0 Å². The topological polar surface area (TPSA) is 72.9 Å². The van der Waals surface area contributed by atoms with Gasteiger partial charge < -0.3 is 9.16 Å². The van der Waals surface area contributed by atoms with Crippen molar-refractivity contribution in [2.45, 2.75) is 39.2 Å². The largest absolute Gasteiger partial charge is 0.462 e. The summed E-state index contributed by atoms with van der Waals surface area (Å²) in [7, 11) is -2.15. The Bertz CT molecular complexity index is 505. The maximum absolute atomic E-state index is 11.7. The summed E-state index contributed by atoms with van der Waals surface area (Å²) in [4.78, 5) is 34.8. The molecule has 1 aliphatic heterocycles. The Hall–Kier alpha value is -1.95. The molecule has 0 aliphatic carbocycles. The van der Waals surface area contributed by atoms with Crippen LogP contribution < -0.4 is 0 Å². The lowest BCUT2D eigenvalue weighted by Gasteiger charge is -2.23. The highest BCUT2D eigenvalue weighted by molar-refractivity contribution is 6.58. The molecule has 7 heteroatoms. The molecule has 6 nitrogen and oxygen atoms in total. The number of imide groups is 1. The molecule has 126 valence electrons. The fourth-order valence-electron chi connectivity index (χ4n) is 2.00. The first-order chi connectivity index (χ1) is 11.1. The van der Waals surface area contributed by atoms with Crippen LogP contribution >= 0.6 is 0 Å². The van der Waals surface area contributed by atoms with Gasteiger partial charge in [-0.25, -0.2) is 4.79 Å². The van der Waals surface area contributed by atoms with Crippen LogP contribution in [0.3, 0.4) is 0 Å². The number of esters is 1. The molecule has 0 aromatic rings. The first kappa shape index (κ1) is 19.1. The second-order valence-corrected chi connectivity index (χ2v) is 7.24. The molecule has 0 saturated carbocycles. The van der Waals surface area contributed by atoms with Crippen LogP contribution in [-0.4, -0.2) is 44.8 Å². The summed E-state index contributed by atoms with van der Waals surface area (Å²) in [5, 5.41) is 0. The van der Waals surface area contributed by atoms with Gasteiger partial charge in [-0.1, -0.05) is 13.3 Å². The van der Waals surface area contributed by atoms with Crippen LogP contribution in [0.25, 0.3) is 0 Å². The van der Waals surface area contributed by atoms with Gasteiger partial charge in [0.15, 0.2) is 0 Å². The van der Waals surface area contributed by atoms with Gasteiger partial charge >= 0.3 is 5.97 Å². The van der Waals surface area contributed by atoms with E-state index in [-0.39, 0.29) is 18.4 Å². The van der Waals surface area contributed by atoms with Gasteiger partial charge in [0.05, 0.1) is 12.7 Å². The summed E-state index contributed by atoms with van der Waals surface area (Å²) in [5.41, 5.74) is 2.77. The third-order valence-corrected chi connectivity index (χ3v) is 5.79. The zero-order valence-corrected chi connectivity index (χ0v) is 14.8. The van der Waals surface area contributed by atoms with Gasteiger partial charge in [-0.15, -0.1) is 5.73 Å². The highest BCUT2D eigenvalue weighted by atomic mass is 28.3. The summed E-state index contributed by atoms with van der Waals surface area (Å²) in [6.07, 6.45) is 8.00. The smallest absolute Gasteiger partial charge is 0.338 e. The van der Waals surface area contributed by atoms with Crippen LogP contribution in [0.5, 0.6) is 0 Å². The molecule has 0 aromatic carbocycles. The predicted molar refractivity (Wildman–Crippen MR) is 87.7 cm³/mol. The number of hydrogen-bond donors (Lipinski definition) is 0. The highest BCUT2D eigenvalue weighted by Gasteiger charge is 2.33. The average molecular weight is 337 g/mol. The van der Waals surface area contributed by atoms with E-state index in [9.17, 15) is 14.4 Å². The van der Waals surface area contributed by atoms with Gasteiger partial charge in [-0.05, 0) is 31.9 Å². The predicted octanol–water partition coefficient (Wildman–Crippen LogP) is 1.61. The van der Waals surface area contributed by atoms with Crippen molar-refractivity contribution in [3.63, 3.8) is 0 Å². The van der Waals surface area contributed by atoms with Crippen molar-refractivity contribution in [1.82, 2.24) is 4.57 Å². The van der Waals surface area contributed by atoms with Crippen molar-refractivity contribution < 1.29 is 23.5 Å².